The van der Waals surface area contributed by atoms with Crippen molar-refractivity contribution in [3.63, 3.8) is 0 Å². The monoisotopic (exact) mass is 352 g/mol. The lowest BCUT2D eigenvalue weighted by molar-refractivity contribution is 0.400. The van der Waals surface area contributed by atoms with Gasteiger partial charge in [0.25, 0.3) is 0 Å². The van der Waals surface area contributed by atoms with Crippen LogP contribution in [0.15, 0.2) is 16.6 Å². The molecule has 1 rings (SSSR count). The van der Waals surface area contributed by atoms with Crippen LogP contribution in [-0.4, -0.2) is 7.11 Å². The zero-order valence-corrected chi connectivity index (χ0v) is 12.7. The second kappa shape index (κ2) is 6.01. The van der Waals surface area contributed by atoms with Crippen molar-refractivity contribution in [1.82, 2.24) is 0 Å². The molecule has 2 unspecified atom stereocenters. The number of benzene rings is 1. The summed E-state index contributed by atoms with van der Waals surface area (Å²) < 4.78 is 19.0. The third-order valence-electron chi connectivity index (χ3n) is 2.71. The second-order valence-corrected chi connectivity index (χ2v) is 5.64. The van der Waals surface area contributed by atoms with Gasteiger partial charge in [-0.1, -0.05) is 36.2 Å². The van der Waals surface area contributed by atoms with E-state index >= 15 is 0 Å². The summed E-state index contributed by atoms with van der Waals surface area (Å²) in [4.78, 5) is 0.171. The number of alkyl halides is 1. The van der Waals surface area contributed by atoms with E-state index in [1.807, 2.05) is 0 Å². The molecule has 4 heteroatoms. The zero-order valence-electron chi connectivity index (χ0n) is 9.56. The molecule has 0 spiro atoms. The summed E-state index contributed by atoms with van der Waals surface area (Å²) in [6, 6.07) is 3.19. The van der Waals surface area contributed by atoms with Crippen molar-refractivity contribution in [1.29, 1.82) is 0 Å². The van der Waals surface area contributed by atoms with Gasteiger partial charge in [0.1, 0.15) is 11.6 Å². The van der Waals surface area contributed by atoms with E-state index < -0.39 is 0 Å². The Hall–Kier alpha value is -0.0900. The summed E-state index contributed by atoms with van der Waals surface area (Å²) in [6.07, 6.45) is 1.05. The average Bonchev–Trinajstić information content (AvgIpc) is 2.30. The molecular formula is C12H15Br2FO. The Labute approximate surface area is 113 Å². The van der Waals surface area contributed by atoms with Gasteiger partial charge in [0.05, 0.1) is 11.6 Å². The van der Waals surface area contributed by atoms with Crippen LogP contribution in [0.3, 0.4) is 0 Å². The predicted octanol–water partition coefficient (Wildman–Crippen LogP) is 5.08. The van der Waals surface area contributed by atoms with Gasteiger partial charge >= 0.3 is 0 Å². The Morgan fingerprint density at radius 2 is 2.06 bits per heavy atom. The van der Waals surface area contributed by atoms with Crippen molar-refractivity contribution in [3.8, 4) is 5.75 Å². The molecule has 1 aromatic rings. The van der Waals surface area contributed by atoms with Crippen LogP contribution in [-0.2, 0) is 0 Å². The molecule has 0 fully saturated rings. The minimum absolute atomic E-state index is 0.171. The second-order valence-electron chi connectivity index (χ2n) is 3.80. The molecule has 0 N–H and O–H groups in total. The number of hydrogen-bond donors (Lipinski definition) is 0. The Morgan fingerprint density at radius 3 is 2.56 bits per heavy atom. The van der Waals surface area contributed by atoms with Gasteiger partial charge < -0.3 is 4.74 Å². The quantitative estimate of drug-likeness (QED) is 0.686. The molecular weight excluding hydrogens is 339 g/mol. The van der Waals surface area contributed by atoms with Crippen molar-refractivity contribution in [2.75, 3.05) is 7.11 Å². The summed E-state index contributed by atoms with van der Waals surface area (Å²) in [5, 5.41) is 0. The standard InChI is InChI=1S/C12H15Br2FO/c1-4-7(2)12(14)8-5-9(13)10(15)6-11(8)16-3/h5-7,12H,4H2,1-3H3. The van der Waals surface area contributed by atoms with Crippen LogP contribution >= 0.6 is 31.9 Å². The fraction of sp³-hybridized carbons (Fsp3) is 0.500. The molecule has 0 aromatic heterocycles. The third kappa shape index (κ3) is 2.98. The lowest BCUT2D eigenvalue weighted by atomic mass is 9.98. The van der Waals surface area contributed by atoms with Gasteiger partial charge in [-0.15, -0.1) is 0 Å². The summed E-state index contributed by atoms with van der Waals surface area (Å²) in [7, 11) is 1.56. The van der Waals surface area contributed by atoms with Gasteiger partial charge in [0.2, 0.25) is 0 Å². The van der Waals surface area contributed by atoms with E-state index in [-0.39, 0.29) is 10.6 Å². The van der Waals surface area contributed by atoms with Crippen molar-refractivity contribution >= 4 is 31.9 Å². The van der Waals surface area contributed by atoms with Gasteiger partial charge in [0, 0.05) is 16.5 Å². The SMILES string of the molecule is CCC(C)C(Br)c1cc(Br)c(F)cc1OC. The topological polar surface area (TPSA) is 9.23 Å². The first kappa shape index (κ1) is 14.0. The van der Waals surface area contributed by atoms with Crippen LogP contribution in [0.2, 0.25) is 0 Å². The molecule has 0 aliphatic carbocycles. The maximum absolute atomic E-state index is 13.4. The molecule has 0 saturated carbocycles. The van der Waals surface area contributed by atoms with Crippen LogP contribution in [0, 0.1) is 11.7 Å². The maximum atomic E-state index is 13.4. The molecule has 1 nitrogen and oxygen atoms in total. The Kier molecular flexibility index (Phi) is 5.25. The zero-order chi connectivity index (χ0) is 12.3. The normalized spacial score (nSPS) is 14.6. The fourth-order valence-corrected chi connectivity index (χ4v) is 2.54. The van der Waals surface area contributed by atoms with E-state index in [1.54, 1.807) is 13.2 Å². The summed E-state index contributed by atoms with van der Waals surface area (Å²) in [6.45, 7) is 4.28. The van der Waals surface area contributed by atoms with Crippen LogP contribution in [0.1, 0.15) is 30.7 Å². The van der Waals surface area contributed by atoms with Crippen LogP contribution in [0.4, 0.5) is 4.39 Å². The van der Waals surface area contributed by atoms with E-state index in [2.05, 4.69) is 45.7 Å². The van der Waals surface area contributed by atoms with Crippen molar-refractivity contribution < 1.29 is 9.13 Å². The largest absolute Gasteiger partial charge is 0.496 e. The Balaban J connectivity index is 3.16. The molecule has 0 aliphatic rings. The van der Waals surface area contributed by atoms with Gasteiger partial charge in [-0.25, -0.2) is 4.39 Å². The first-order chi connectivity index (χ1) is 7.51. The Morgan fingerprint density at radius 1 is 1.44 bits per heavy atom. The summed E-state index contributed by atoms with van der Waals surface area (Å²) in [5.74, 6) is 0.749. The highest BCUT2D eigenvalue weighted by Gasteiger charge is 2.20. The van der Waals surface area contributed by atoms with Gasteiger partial charge in [-0.3, -0.25) is 0 Å². The smallest absolute Gasteiger partial charge is 0.141 e. The number of rotatable bonds is 4. The third-order valence-corrected chi connectivity index (χ3v) is 4.72. The lowest BCUT2D eigenvalue weighted by Crippen LogP contribution is -2.04. The molecule has 0 heterocycles. The number of methoxy groups -OCH3 is 1. The van der Waals surface area contributed by atoms with E-state index in [0.29, 0.717) is 16.1 Å². The molecule has 90 valence electrons. The molecule has 0 bridgehead atoms. The van der Waals surface area contributed by atoms with Gasteiger partial charge in [-0.05, 0) is 27.9 Å². The lowest BCUT2D eigenvalue weighted by Gasteiger charge is -2.20. The number of hydrogen-bond acceptors (Lipinski definition) is 1. The van der Waals surface area contributed by atoms with E-state index in [9.17, 15) is 4.39 Å². The van der Waals surface area contributed by atoms with Gasteiger partial charge in [-0.2, -0.15) is 0 Å². The highest BCUT2D eigenvalue weighted by Crippen LogP contribution is 2.40. The molecule has 0 radical (unpaired) electrons. The van der Waals surface area contributed by atoms with Crippen molar-refractivity contribution in [2.45, 2.75) is 25.1 Å². The van der Waals surface area contributed by atoms with Gasteiger partial charge in [0.15, 0.2) is 0 Å². The minimum atomic E-state index is -0.301. The molecule has 16 heavy (non-hydrogen) atoms. The molecule has 1 aromatic carbocycles. The molecule has 0 saturated heterocycles. The Bertz CT molecular complexity index is 368. The van der Waals surface area contributed by atoms with E-state index in [1.165, 1.54) is 6.07 Å². The summed E-state index contributed by atoms with van der Waals surface area (Å²) >= 11 is 6.84. The predicted molar refractivity (Wildman–Crippen MR) is 71.8 cm³/mol. The number of ether oxygens (including phenoxy) is 1. The first-order valence-electron chi connectivity index (χ1n) is 5.18. The van der Waals surface area contributed by atoms with E-state index in [0.717, 1.165) is 12.0 Å². The minimum Gasteiger partial charge on any atom is -0.496 e. The highest BCUT2D eigenvalue weighted by molar-refractivity contribution is 9.10. The fourth-order valence-electron chi connectivity index (χ4n) is 1.45. The van der Waals surface area contributed by atoms with Crippen molar-refractivity contribution in [3.05, 3.63) is 28.0 Å². The molecule has 0 amide bonds. The van der Waals surface area contributed by atoms with Crippen LogP contribution in [0.5, 0.6) is 5.75 Å². The summed E-state index contributed by atoms with van der Waals surface area (Å²) in [5.41, 5.74) is 0.977. The number of halogens is 3. The molecule has 0 aliphatic heterocycles. The maximum Gasteiger partial charge on any atom is 0.141 e. The molecule has 2 atom stereocenters. The van der Waals surface area contributed by atoms with Crippen LogP contribution in [0.25, 0.3) is 0 Å². The first-order valence-corrected chi connectivity index (χ1v) is 6.89. The average molecular weight is 354 g/mol. The van der Waals surface area contributed by atoms with Crippen molar-refractivity contribution in [2.24, 2.45) is 5.92 Å². The van der Waals surface area contributed by atoms with E-state index in [4.69, 9.17) is 4.74 Å². The van der Waals surface area contributed by atoms with Crippen LogP contribution < -0.4 is 4.74 Å². The highest BCUT2D eigenvalue weighted by atomic mass is 79.9.